The van der Waals surface area contributed by atoms with Crippen molar-refractivity contribution >= 4 is 46.5 Å². The van der Waals surface area contributed by atoms with Gasteiger partial charge >= 0.3 is 5.97 Å². The Kier molecular flexibility index (Phi) is 10.8. The zero-order valence-corrected chi connectivity index (χ0v) is 21.6. The zero-order chi connectivity index (χ0) is 26.5. The number of anilines is 2. The Labute approximate surface area is 222 Å². The fraction of sp³-hybridized carbons (Fsp3) is 0.241. The van der Waals surface area contributed by atoms with Gasteiger partial charge in [-0.3, -0.25) is 14.4 Å². The Morgan fingerprint density at radius 3 is 2.16 bits per heavy atom. The highest BCUT2D eigenvalue weighted by Crippen LogP contribution is 2.16. The number of thiocarbonyl (C=S) groups is 1. The molecule has 0 saturated heterocycles. The summed E-state index contributed by atoms with van der Waals surface area (Å²) in [6.07, 6.45) is 2.31. The van der Waals surface area contributed by atoms with E-state index in [1.807, 2.05) is 60.7 Å². The summed E-state index contributed by atoms with van der Waals surface area (Å²) in [7, 11) is 1.72. The highest BCUT2D eigenvalue weighted by Gasteiger charge is 2.13. The number of esters is 1. The summed E-state index contributed by atoms with van der Waals surface area (Å²) >= 11 is 5.21. The molecule has 0 aromatic heterocycles. The van der Waals surface area contributed by atoms with E-state index >= 15 is 0 Å². The van der Waals surface area contributed by atoms with E-state index in [9.17, 15) is 14.4 Å². The van der Waals surface area contributed by atoms with E-state index in [0.717, 1.165) is 18.5 Å². The van der Waals surface area contributed by atoms with E-state index in [0.29, 0.717) is 24.3 Å². The monoisotopic (exact) mass is 517 g/mol. The van der Waals surface area contributed by atoms with Crippen LogP contribution in [0, 0.1) is 0 Å². The largest absolute Gasteiger partial charge is 0.466 e. The molecule has 0 heterocycles. The fourth-order valence-electron chi connectivity index (χ4n) is 3.58. The number of nitrogens with zero attached hydrogens (tertiary/aromatic N) is 1. The number of ether oxygens (including phenoxy) is 1. The molecule has 2 N–H and O–H groups in total. The lowest BCUT2D eigenvalue weighted by Gasteiger charge is -2.17. The van der Waals surface area contributed by atoms with Gasteiger partial charge in [-0.25, -0.2) is 0 Å². The first-order chi connectivity index (χ1) is 17.9. The molecule has 2 amide bonds. The minimum Gasteiger partial charge on any atom is -0.466 e. The molecule has 3 rings (SSSR count). The van der Waals surface area contributed by atoms with Crippen molar-refractivity contribution in [2.24, 2.45) is 0 Å². The molecule has 0 fully saturated rings. The molecule has 37 heavy (non-hydrogen) atoms. The highest BCUT2D eigenvalue weighted by atomic mass is 32.1. The van der Waals surface area contributed by atoms with Crippen LogP contribution in [0.5, 0.6) is 0 Å². The summed E-state index contributed by atoms with van der Waals surface area (Å²) in [5, 5.41) is 5.68. The van der Waals surface area contributed by atoms with Crippen LogP contribution >= 0.6 is 12.2 Å². The van der Waals surface area contributed by atoms with Crippen molar-refractivity contribution < 1.29 is 19.1 Å². The van der Waals surface area contributed by atoms with Crippen molar-refractivity contribution in [3.8, 4) is 0 Å². The molecule has 192 valence electrons. The maximum atomic E-state index is 12.7. The van der Waals surface area contributed by atoms with Crippen LogP contribution in [0.25, 0.3) is 0 Å². The molecular weight excluding hydrogens is 486 g/mol. The lowest BCUT2D eigenvalue weighted by Crippen LogP contribution is -2.34. The van der Waals surface area contributed by atoms with Crippen LogP contribution in [0.2, 0.25) is 0 Å². The average molecular weight is 518 g/mol. The first kappa shape index (κ1) is 27.5. The summed E-state index contributed by atoms with van der Waals surface area (Å²) < 4.78 is 5.24. The molecule has 0 aliphatic carbocycles. The van der Waals surface area contributed by atoms with Crippen molar-refractivity contribution in [3.05, 3.63) is 96.1 Å². The summed E-state index contributed by atoms with van der Waals surface area (Å²) in [6, 6.07) is 26.2. The maximum absolute atomic E-state index is 12.7. The second-order valence-corrected chi connectivity index (χ2v) is 8.85. The molecule has 0 aliphatic rings. The number of carbonyl (C=O) groups excluding carboxylic acids is 3. The van der Waals surface area contributed by atoms with E-state index < -0.39 is 0 Å². The quantitative estimate of drug-likeness (QED) is 0.209. The van der Waals surface area contributed by atoms with Crippen molar-refractivity contribution in [3.63, 3.8) is 0 Å². The Hall–Kier alpha value is -4.04. The van der Waals surface area contributed by atoms with Crippen molar-refractivity contribution in [2.75, 3.05) is 23.9 Å². The summed E-state index contributed by atoms with van der Waals surface area (Å²) in [5.41, 5.74) is 3.18. The third kappa shape index (κ3) is 9.50. The number of amides is 2. The van der Waals surface area contributed by atoms with Gasteiger partial charge in [0.1, 0.15) is 0 Å². The van der Waals surface area contributed by atoms with Gasteiger partial charge in [-0.1, -0.05) is 48.5 Å². The number of aryl methyl sites for hydroxylation is 1. The van der Waals surface area contributed by atoms with Gasteiger partial charge in [0, 0.05) is 36.8 Å². The van der Waals surface area contributed by atoms with Crippen LogP contribution < -0.4 is 15.5 Å². The summed E-state index contributed by atoms with van der Waals surface area (Å²) in [4.78, 5) is 38.3. The van der Waals surface area contributed by atoms with Gasteiger partial charge in [-0.2, -0.15) is 0 Å². The summed E-state index contributed by atoms with van der Waals surface area (Å²) in [5.74, 6) is -0.733. The van der Waals surface area contributed by atoms with Gasteiger partial charge < -0.3 is 20.3 Å². The number of benzene rings is 3. The molecule has 0 atom stereocenters. The highest BCUT2D eigenvalue weighted by molar-refractivity contribution is 7.80. The third-order valence-electron chi connectivity index (χ3n) is 5.59. The van der Waals surface area contributed by atoms with Crippen LogP contribution in [0.1, 0.15) is 41.6 Å². The van der Waals surface area contributed by atoms with Gasteiger partial charge in [0.05, 0.1) is 6.61 Å². The smallest absolute Gasteiger partial charge is 0.305 e. The van der Waals surface area contributed by atoms with Crippen molar-refractivity contribution in [1.29, 1.82) is 0 Å². The molecule has 8 heteroatoms. The predicted octanol–water partition coefficient (Wildman–Crippen LogP) is 5.12. The molecule has 3 aromatic carbocycles. The van der Waals surface area contributed by atoms with Crippen LogP contribution in [-0.2, 0) is 20.7 Å². The van der Waals surface area contributed by atoms with Gasteiger partial charge in [0.25, 0.3) is 5.91 Å². The molecule has 7 nitrogen and oxygen atoms in total. The fourth-order valence-corrected chi connectivity index (χ4v) is 3.81. The van der Waals surface area contributed by atoms with E-state index in [-0.39, 0.29) is 35.7 Å². The third-order valence-corrected chi connectivity index (χ3v) is 5.80. The molecule has 0 unspecified atom stereocenters. The Morgan fingerprint density at radius 1 is 0.838 bits per heavy atom. The topological polar surface area (TPSA) is 87.7 Å². The lowest BCUT2D eigenvalue weighted by atomic mass is 10.1. The molecule has 3 aromatic rings. The van der Waals surface area contributed by atoms with Crippen LogP contribution in [0.3, 0.4) is 0 Å². The average Bonchev–Trinajstić information content (AvgIpc) is 2.91. The molecule has 0 spiro atoms. The second kappa shape index (κ2) is 14.5. The van der Waals surface area contributed by atoms with E-state index in [2.05, 4.69) is 10.6 Å². The lowest BCUT2D eigenvalue weighted by molar-refractivity contribution is -0.143. The van der Waals surface area contributed by atoms with Crippen molar-refractivity contribution in [2.45, 2.75) is 32.1 Å². The predicted molar refractivity (Wildman–Crippen MR) is 150 cm³/mol. The number of carbonyl (C=O) groups is 3. The molecule has 0 aliphatic heterocycles. The summed E-state index contributed by atoms with van der Waals surface area (Å²) in [6.45, 7) is 0.362. The molecule has 0 radical (unpaired) electrons. The van der Waals surface area contributed by atoms with Gasteiger partial charge in [0.15, 0.2) is 5.11 Å². The van der Waals surface area contributed by atoms with Gasteiger partial charge in [0.2, 0.25) is 5.91 Å². The van der Waals surface area contributed by atoms with Gasteiger partial charge in [-0.15, -0.1) is 0 Å². The SMILES string of the molecule is CN(C(=O)c1ccc(NC(=S)NC(=O)CCCC(=O)OCCCc2ccccc2)cc1)c1ccccc1. The number of nitrogens with one attached hydrogen (secondary N) is 2. The van der Waals surface area contributed by atoms with Crippen LogP contribution in [0.4, 0.5) is 11.4 Å². The van der Waals surface area contributed by atoms with E-state index in [4.69, 9.17) is 17.0 Å². The van der Waals surface area contributed by atoms with Crippen LogP contribution in [0.15, 0.2) is 84.9 Å². The number of hydrogen-bond acceptors (Lipinski definition) is 5. The molecule has 0 bridgehead atoms. The molecular formula is C29H31N3O4S. The minimum absolute atomic E-state index is 0.136. The van der Waals surface area contributed by atoms with Crippen LogP contribution in [-0.4, -0.2) is 36.6 Å². The van der Waals surface area contributed by atoms with E-state index in [1.54, 1.807) is 36.2 Å². The van der Waals surface area contributed by atoms with E-state index in [1.165, 1.54) is 5.56 Å². The number of rotatable bonds is 11. The Balaban J connectivity index is 1.32. The first-order valence-electron chi connectivity index (χ1n) is 12.2. The molecule has 0 saturated carbocycles. The Bertz CT molecular complexity index is 1180. The normalized spacial score (nSPS) is 10.3. The minimum atomic E-state index is -0.311. The standard InChI is InChI=1S/C29H31N3O4S/c1-32(25-13-6-3-7-14-25)28(35)23-17-19-24(20-18-23)30-29(37)31-26(33)15-8-16-27(34)36-21-9-12-22-10-4-2-5-11-22/h2-7,10-11,13-14,17-20H,8-9,12,15-16,21H2,1H3,(H2,30,31,33,37). The van der Waals surface area contributed by atoms with Crippen molar-refractivity contribution in [1.82, 2.24) is 5.32 Å². The maximum Gasteiger partial charge on any atom is 0.305 e. The zero-order valence-electron chi connectivity index (χ0n) is 20.8. The first-order valence-corrected chi connectivity index (χ1v) is 12.6. The van der Waals surface area contributed by atoms with Gasteiger partial charge in [-0.05, 0) is 73.4 Å². The number of hydrogen-bond donors (Lipinski definition) is 2. The Morgan fingerprint density at radius 2 is 1.49 bits per heavy atom. The number of para-hydroxylation sites is 1. The second-order valence-electron chi connectivity index (χ2n) is 8.44.